The molecule has 2 aliphatic rings. The number of hydrogen-bond donors (Lipinski definition) is 0. The summed E-state index contributed by atoms with van der Waals surface area (Å²) in [4.78, 5) is 31.5. The fraction of sp³-hybridized carbons (Fsp3) is 0.391. The number of ether oxygens (including phenoxy) is 1. The summed E-state index contributed by atoms with van der Waals surface area (Å²) in [5.74, 6) is 0.448. The van der Waals surface area contributed by atoms with Crippen LogP contribution in [0.15, 0.2) is 42.5 Å². The van der Waals surface area contributed by atoms with Crippen molar-refractivity contribution in [1.82, 2.24) is 4.90 Å². The maximum absolute atomic E-state index is 13.0. The fourth-order valence-corrected chi connectivity index (χ4v) is 4.37. The molecule has 8 heteroatoms. The molecule has 2 aliphatic heterocycles. The zero-order valence-corrected chi connectivity index (χ0v) is 19.1. The second-order valence-corrected chi connectivity index (χ2v) is 9.15. The minimum Gasteiger partial charge on any atom is -0.476 e. The van der Waals surface area contributed by atoms with Gasteiger partial charge in [-0.3, -0.25) is 9.59 Å². The van der Waals surface area contributed by atoms with E-state index in [2.05, 4.69) is 4.90 Å². The highest BCUT2D eigenvalue weighted by Crippen LogP contribution is 2.39. The molecule has 0 atom stereocenters. The smallest absolute Gasteiger partial charge is 0.270 e. The van der Waals surface area contributed by atoms with Gasteiger partial charge in [0.2, 0.25) is 5.91 Å². The maximum Gasteiger partial charge on any atom is 0.270 e. The lowest BCUT2D eigenvalue weighted by Gasteiger charge is -2.39. The summed E-state index contributed by atoms with van der Waals surface area (Å²) in [7, 11) is 0. The highest BCUT2D eigenvalue weighted by molar-refractivity contribution is 6.31. The average molecular weight is 462 g/mol. The summed E-state index contributed by atoms with van der Waals surface area (Å²) in [6.07, 6.45) is 0.241. The highest BCUT2D eigenvalue weighted by Gasteiger charge is 2.41. The van der Waals surface area contributed by atoms with Crippen LogP contribution in [0.3, 0.4) is 0 Å². The van der Waals surface area contributed by atoms with Crippen LogP contribution in [0.5, 0.6) is 5.75 Å². The monoisotopic (exact) mass is 461 g/mol. The number of anilines is 2. The Balaban J connectivity index is 1.39. The molecule has 0 bridgehead atoms. The van der Waals surface area contributed by atoms with Crippen LogP contribution >= 0.6 is 23.2 Å². The largest absolute Gasteiger partial charge is 0.476 e. The van der Waals surface area contributed by atoms with Crippen LogP contribution in [0, 0.1) is 0 Å². The number of hydrogen-bond acceptors (Lipinski definition) is 4. The van der Waals surface area contributed by atoms with Crippen LogP contribution in [0.1, 0.15) is 20.3 Å². The number of benzene rings is 2. The van der Waals surface area contributed by atoms with E-state index in [4.69, 9.17) is 27.9 Å². The first kappa shape index (κ1) is 21.8. The molecule has 4 rings (SSSR count). The number of carbonyl (C=O) groups excluding carboxylic acids is 2. The van der Waals surface area contributed by atoms with Gasteiger partial charge in [0.15, 0.2) is 5.60 Å². The summed E-state index contributed by atoms with van der Waals surface area (Å²) in [6.45, 7) is 6.51. The summed E-state index contributed by atoms with van der Waals surface area (Å²) in [5, 5.41) is 1.22. The third-order valence-electron chi connectivity index (χ3n) is 5.69. The van der Waals surface area contributed by atoms with Crippen molar-refractivity contribution in [2.75, 3.05) is 42.5 Å². The Morgan fingerprint density at radius 3 is 2.45 bits per heavy atom. The molecule has 0 radical (unpaired) electrons. The first-order valence-electron chi connectivity index (χ1n) is 10.3. The molecule has 1 saturated heterocycles. The van der Waals surface area contributed by atoms with Gasteiger partial charge in [0.05, 0.1) is 5.69 Å². The zero-order chi connectivity index (χ0) is 22.2. The molecule has 0 aromatic heterocycles. The predicted molar refractivity (Wildman–Crippen MR) is 123 cm³/mol. The van der Waals surface area contributed by atoms with Gasteiger partial charge in [-0.05, 0) is 50.2 Å². The molecular weight excluding hydrogens is 437 g/mol. The highest BCUT2D eigenvalue weighted by atomic mass is 35.5. The summed E-state index contributed by atoms with van der Waals surface area (Å²) in [5.41, 5.74) is 0.677. The van der Waals surface area contributed by atoms with Crippen molar-refractivity contribution in [2.45, 2.75) is 25.9 Å². The summed E-state index contributed by atoms with van der Waals surface area (Å²) < 4.78 is 5.84. The molecule has 0 aliphatic carbocycles. The van der Waals surface area contributed by atoms with E-state index in [1.54, 1.807) is 36.9 Å². The fourth-order valence-electron chi connectivity index (χ4n) is 4.02. The Labute approximate surface area is 192 Å². The molecule has 164 valence electrons. The normalized spacial score (nSPS) is 17.9. The Morgan fingerprint density at radius 1 is 1.03 bits per heavy atom. The lowest BCUT2D eigenvalue weighted by molar-refractivity contribution is -0.133. The zero-order valence-electron chi connectivity index (χ0n) is 17.6. The van der Waals surface area contributed by atoms with Crippen LogP contribution in [-0.4, -0.2) is 55.0 Å². The third kappa shape index (κ3) is 4.60. The summed E-state index contributed by atoms with van der Waals surface area (Å²) >= 11 is 12.2. The van der Waals surface area contributed by atoms with Crippen molar-refractivity contribution >= 4 is 46.4 Å². The SMILES string of the molecule is CC1(C)Oc2ccc(Cl)cc2N(CCC(=O)N2CCN(c3cccc(Cl)c3)CC2)C1=O. The molecule has 0 unspecified atom stereocenters. The van der Waals surface area contributed by atoms with Crippen molar-refractivity contribution in [3.05, 3.63) is 52.5 Å². The minimum absolute atomic E-state index is 0.0337. The van der Waals surface area contributed by atoms with Crippen molar-refractivity contribution in [1.29, 1.82) is 0 Å². The van der Waals surface area contributed by atoms with E-state index >= 15 is 0 Å². The second-order valence-electron chi connectivity index (χ2n) is 8.28. The van der Waals surface area contributed by atoms with Gasteiger partial charge in [-0.15, -0.1) is 0 Å². The second kappa shape index (κ2) is 8.60. The number of carbonyl (C=O) groups is 2. The predicted octanol–water partition coefficient (Wildman–Crippen LogP) is 4.24. The maximum atomic E-state index is 13.0. The average Bonchev–Trinajstić information content (AvgIpc) is 2.74. The van der Waals surface area contributed by atoms with E-state index in [1.807, 2.05) is 29.2 Å². The number of halogens is 2. The van der Waals surface area contributed by atoms with Gasteiger partial charge in [-0.2, -0.15) is 0 Å². The third-order valence-corrected chi connectivity index (χ3v) is 6.16. The van der Waals surface area contributed by atoms with Crippen molar-refractivity contribution in [3.8, 4) is 5.75 Å². The molecule has 0 saturated carbocycles. The first-order chi connectivity index (χ1) is 14.7. The van der Waals surface area contributed by atoms with Gasteiger partial charge in [-0.1, -0.05) is 29.3 Å². The molecule has 2 aromatic rings. The standard InChI is InChI=1S/C23H25Cl2N3O3/c1-23(2)22(30)28(19-15-17(25)6-7-20(19)31-23)9-8-21(29)27-12-10-26(11-13-27)18-5-3-4-16(24)14-18/h3-7,14-15H,8-13H2,1-2H3. The van der Waals surface area contributed by atoms with Gasteiger partial charge in [0.25, 0.3) is 5.91 Å². The Bertz CT molecular complexity index is 1000. The van der Waals surface area contributed by atoms with Gasteiger partial charge in [0, 0.05) is 54.9 Å². The number of rotatable bonds is 4. The Hall–Kier alpha value is -2.44. The van der Waals surface area contributed by atoms with Gasteiger partial charge >= 0.3 is 0 Å². The number of amides is 2. The Kier molecular flexibility index (Phi) is 6.04. The van der Waals surface area contributed by atoms with E-state index in [-0.39, 0.29) is 24.8 Å². The molecule has 1 fully saturated rings. The molecule has 2 amide bonds. The lowest BCUT2D eigenvalue weighted by atomic mass is 10.0. The van der Waals surface area contributed by atoms with Gasteiger partial charge in [0.1, 0.15) is 5.75 Å². The van der Waals surface area contributed by atoms with Crippen molar-refractivity contribution in [2.24, 2.45) is 0 Å². The number of fused-ring (bicyclic) bond motifs is 1. The topological polar surface area (TPSA) is 53.1 Å². The first-order valence-corrected chi connectivity index (χ1v) is 11.1. The van der Waals surface area contributed by atoms with E-state index in [9.17, 15) is 9.59 Å². The lowest BCUT2D eigenvalue weighted by Crippen LogP contribution is -2.54. The Morgan fingerprint density at radius 2 is 1.74 bits per heavy atom. The molecule has 2 aromatic carbocycles. The van der Waals surface area contributed by atoms with Gasteiger partial charge < -0.3 is 19.4 Å². The van der Waals surface area contributed by atoms with E-state index < -0.39 is 5.60 Å². The molecule has 6 nitrogen and oxygen atoms in total. The van der Waals surface area contributed by atoms with Crippen LogP contribution in [0.2, 0.25) is 10.0 Å². The molecular formula is C23H25Cl2N3O3. The van der Waals surface area contributed by atoms with Gasteiger partial charge in [-0.25, -0.2) is 0 Å². The van der Waals surface area contributed by atoms with Crippen LogP contribution in [0.4, 0.5) is 11.4 Å². The van der Waals surface area contributed by atoms with Crippen LogP contribution in [-0.2, 0) is 9.59 Å². The van der Waals surface area contributed by atoms with E-state index in [0.29, 0.717) is 34.6 Å². The molecule has 2 heterocycles. The molecule has 0 N–H and O–H groups in total. The molecule has 0 spiro atoms. The molecule has 31 heavy (non-hydrogen) atoms. The van der Waals surface area contributed by atoms with Crippen LogP contribution in [0.25, 0.3) is 0 Å². The van der Waals surface area contributed by atoms with Crippen LogP contribution < -0.4 is 14.5 Å². The van der Waals surface area contributed by atoms with Crippen molar-refractivity contribution in [3.63, 3.8) is 0 Å². The minimum atomic E-state index is -0.994. The quantitative estimate of drug-likeness (QED) is 0.683. The number of piperazine rings is 1. The van der Waals surface area contributed by atoms with Crippen molar-refractivity contribution < 1.29 is 14.3 Å². The van der Waals surface area contributed by atoms with E-state index in [0.717, 1.165) is 18.8 Å². The number of nitrogens with zero attached hydrogens (tertiary/aromatic N) is 3. The van der Waals surface area contributed by atoms with E-state index in [1.165, 1.54) is 0 Å². The summed E-state index contributed by atoms with van der Waals surface area (Å²) in [6, 6.07) is 12.9.